The van der Waals surface area contributed by atoms with E-state index in [-0.39, 0.29) is 5.56 Å². The standard InChI is InChI=1S/C13H13BrN2O2/c1-9-6-10(14)7-16(13(9)17)8-11-4-3-5-12(15-11)18-2/h3-7H,8H2,1-2H3. The van der Waals surface area contributed by atoms with Crippen molar-refractivity contribution in [2.45, 2.75) is 13.5 Å². The predicted octanol–water partition coefficient (Wildman–Crippen LogP) is 2.37. The van der Waals surface area contributed by atoms with E-state index in [0.29, 0.717) is 18.0 Å². The molecule has 0 fully saturated rings. The third-order valence-electron chi connectivity index (χ3n) is 2.55. The largest absolute Gasteiger partial charge is 0.481 e. The Kier molecular flexibility index (Phi) is 3.81. The molecule has 0 radical (unpaired) electrons. The van der Waals surface area contributed by atoms with Gasteiger partial charge >= 0.3 is 0 Å². The first kappa shape index (κ1) is 12.8. The van der Waals surface area contributed by atoms with Crippen molar-refractivity contribution in [1.29, 1.82) is 0 Å². The molecular weight excluding hydrogens is 296 g/mol. The zero-order valence-electron chi connectivity index (χ0n) is 10.2. The Labute approximate surface area is 113 Å². The quantitative estimate of drug-likeness (QED) is 0.874. The summed E-state index contributed by atoms with van der Waals surface area (Å²) in [5.41, 5.74) is 1.48. The molecule has 0 atom stereocenters. The number of pyridine rings is 2. The van der Waals surface area contributed by atoms with Gasteiger partial charge in [0.25, 0.3) is 5.56 Å². The number of methoxy groups -OCH3 is 1. The van der Waals surface area contributed by atoms with Crippen LogP contribution < -0.4 is 10.3 Å². The van der Waals surface area contributed by atoms with E-state index in [1.54, 1.807) is 36.9 Å². The van der Waals surface area contributed by atoms with Crippen molar-refractivity contribution in [2.75, 3.05) is 7.11 Å². The smallest absolute Gasteiger partial charge is 0.253 e. The Balaban J connectivity index is 2.36. The van der Waals surface area contributed by atoms with Crippen LogP contribution in [0.3, 0.4) is 0 Å². The van der Waals surface area contributed by atoms with E-state index >= 15 is 0 Å². The summed E-state index contributed by atoms with van der Waals surface area (Å²) >= 11 is 3.38. The molecule has 2 aromatic heterocycles. The molecule has 0 aromatic carbocycles. The van der Waals surface area contributed by atoms with Gasteiger partial charge in [-0.05, 0) is 35.0 Å². The van der Waals surface area contributed by atoms with E-state index < -0.39 is 0 Å². The number of aryl methyl sites for hydroxylation is 1. The first-order valence-corrected chi connectivity index (χ1v) is 6.26. The van der Waals surface area contributed by atoms with Crippen LogP contribution in [0.2, 0.25) is 0 Å². The fourth-order valence-corrected chi connectivity index (χ4v) is 2.28. The molecular formula is C13H13BrN2O2. The maximum absolute atomic E-state index is 12.0. The normalized spacial score (nSPS) is 10.4. The highest BCUT2D eigenvalue weighted by Gasteiger charge is 2.04. The van der Waals surface area contributed by atoms with Crippen molar-refractivity contribution in [2.24, 2.45) is 0 Å². The highest BCUT2D eigenvalue weighted by molar-refractivity contribution is 9.10. The van der Waals surface area contributed by atoms with E-state index in [4.69, 9.17) is 4.74 Å². The lowest BCUT2D eigenvalue weighted by Gasteiger charge is -2.08. The Morgan fingerprint density at radius 2 is 2.22 bits per heavy atom. The molecule has 2 rings (SSSR count). The molecule has 0 N–H and O–H groups in total. The van der Waals surface area contributed by atoms with Crippen LogP contribution in [-0.2, 0) is 6.54 Å². The van der Waals surface area contributed by atoms with Crippen LogP contribution in [0, 0.1) is 6.92 Å². The summed E-state index contributed by atoms with van der Waals surface area (Å²) in [5.74, 6) is 0.548. The lowest BCUT2D eigenvalue weighted by molar-refractivity contribution is 0.396. The fraction of sp³-hybridized carbons (Fsp3) is 0.231. The minimum Gasteiger partial charge on any atom is -0.481 e. The van der Waals surface area contributed by atoms with E-state index in [1.165, 1.54) is 0 Å². The Morgan fingerprint density at radius 1 is 1.44 bits per heavy atom. The SMILES string of the molecule is COc1cccc(Cn2cc(Br)cc(C)c2=O)n1. The molecule has 2 heterocycles. The van der Waals surface area contributed by atoms with Gasteiger partial charge in [-0.25, -0.2) is 4.98 Å². The average molecular weight is 309 g/mol. The first-order chi connectivity index (χ1) is 8.60. The highest BCUT2D eigenvalue weighted by Crippen LogP contribution is 2.11. The Hall–Kier alpha value is -1.62. The summed E-state index contributed by atoms with van der Waals surface area (Å²) in [5, 5.41) is 0. The van der Waals surface area contributed by atoms with Gasteiger partial charge in [-0.3, -0.25) is 4.79 Å². The molecule has 0 saturated carbocycles. The van der Waals surface area contributed by atoms with Crippen molar-refractivity contribution in [3.8, 4) is 5.88 Å². The number of rotatable bonds is 3. The van der Waals surface area contributed by atoms with Gasteiger partial charge in [0, 0.05) is 22.3 Å². The van der Waals surface area contributed by atoms with Crippen molar-refractivity contribution in [3.05, 3.63) is 56.5 Å². The zero-order valence-corrected chi connectivity index (χ0v) is 11.8. The maximum atomic E-state index is 12.0. The van der Waals surface area contributed by atoms with Gasteiger partial charge in [0.2, 0.25) is 5.88 Å². The lowest BCUT2D eigenvalue weighted by atomic mass is 10.3. The molecule has 0 aliphatic rings. The van der Waals surface area contributed by atoms with Gasteiger partial charge in [0.15, 0.2) is 0 Å². The third-order valence-corrected chi connectivity index (χ3v) is 2.99. The summed E-state index contributed by atoms with van der Waals surface area (Å²) in [6.07, 6.45) is 1.76. The van der Waals surface area contributed by atoms with Crippen molar-refractivity contribution >= 4 is 15.9 Å². The minimum absolute atomic E-state index is 0.0113. The number of nitrogens with zero attached hydrogens (tertiary/aromatic N) is 2. The fourth-order valence-electron chi connectivity index (χ4n) is 1.69. The van der Waals surface area contributed by atoms with Gasteiger partial charge in [0.05, 0.1) is 19.3 Å². The van der Waals surface area contributed by atoms with Crippen molar-refractivity contribution < 1.29 is 4.74 Å². The molecule has 0 unspecified atom stereocenters. The average Bonchev–Trinajstić information content (AvgIpc) is 2.35. The van der Waals surface area contributed by atoms with E-state index in [2.05, 4.69) is 20.9 Å². The van der Waals surface area contributed by atoms with Gasteiger partial charge < -0.3 is 9.30 Å². The minimum atomic E-state index is -0.0113. The lowest BCUT2D eigenvalue weighted by Crippen LogP contribution is -2.22. The maximum Gasteiger partial charge on any atom is 0.253 e. The second-order valence-electron chi connectivity index (χ2n) is 3.95. The van der Waals surface area contributed by atoms with Gasteiger partial charge in [-0.2, -0.15) is 0 Å². The summed E-state index contributed by atoms with van der Waals surface area (Å²) < 4.78 is 7.57. The summed E-state index contributed by atoms with van der Waals surface area (Å²) in [6.45, 7) is 2.22. The summed E-state index contributed by atoms with van der Waals surface area (Å²) in [7, 11) is 1.57. The predicted molar refractivity (Wildman–Crippen MR) is 73.0 cm³/mol. The Morgan fingerprint density at radius 3 is 2.94 bits per heavy atom. The van der Waals surface area contributed by atoms with Gasteiger partial charge in [-0.15, -0.1) is 0 Å². The molecule has 0 saturated heterocycles. The number of ether oxygens (including phenoxy) is 1. The van der Waals surface area contributed by atoms with Crippen LogP contribution >= 0.6 is 15.9 Å². The monoisotopic (exact) mass is 308 g/mol. The van der Waals surface area contributed by atoms with E-state index in [0.717, 1.165) is 10.2 Å². The second kappa shape index (κ2) is 5.35. The first-order valence-electron chi connectivity index (χ1n) is 5.46. The molecule has 0 aliphatic heterocycles. The molecule has 2 aromatic rings. The Bertz CT molecular complexity index is 623. The molecule has 0 spiro atoms. The molecule has 18 heavy (non-hydrogen) atoms. The van der Waals surface area contributed by atoms with Crippen molar-refractivity contribution in [1.82, 2.24) is 9.55 Å². The number of halogens is 1. The van der Waals surface area contributed by atoms with Crippen LogP contribution in [0.1, 0.15) is 11.3 Å². The molecule has 5 heteroatoms. The number of hydrogen-bond donors (Lipinski definition) is 0. The van der Waals surface area contributed by atoms with Crippen LogP contribution in [0.15, 0.2) is 39.7 Å². The topological polar surface area (TPSA) is 44.1 Å². The molecule has 0 aliphatic carbocycles. The zero-order chi connectivity index (χ0) is 13.1. The molecule has 4 nitrogen and oxygen atoms in total. The molecule has 94 valence electrons. The van der Waals surface area contributed by atoms with Crippen LogP contribution in [0.5, 0.6) is 5.88 Å². The third kappa shape index (κ3) is 2.79. The van der Waals surface area contributed by atoms with Crippen LogP contribution in [0.4, 0.5) is 0 Å². The van der Waals surface area contributed by atoms with Crippen LogP contribution in [0.25, 0.3) is 0 Å². The van der Waals surface area contributed by atoms with Gasteiger partial charge in [-0.1, -0.05) is 6.07 Å². The molecule has 0 bridgehead atoms. The summed E-state index contributed by atoms with van der Waals surface area (Å²) in [6, 6.07) is 7.30. The van der Waals surface area contributed by atoms with E-state index in [1.807, 2.05) is 12.1 Å². The summed E-state index contributed by atoms with van der Waals surface area (Å²) in [4.78, 5) is 16.3. The number of hydrogen-bond acceptors (Lipinski definition) is 3. The van der Waals surface area contributed by atoms with E-state index in [9.17, 15) is 4.79 Å². The number of aromatic nitrogens is 2. The molecule has 0 amide bonds. The second-order valence-corrected chi connectivity index (χ2v) is 4.86. The highest BCUT2D eigenvalue weighted by atomic mass is 79.9. The van der Waals surface area contributed by atoms with Crippen molar-refractivity contribution in [3.63, 3.8) is 0 Å². The van der Waals surface area contributed by atoms with Crippen LogP contribution in [-0.4, -0.2) is 16.7 Å². The van der Waals surface area contributed by atoms with Gasteiger partial charge in [0.1, 0.15) is 0 Å².